The van der Waals surface area contributed by atoms with Crippen LogP contribution in [0.3, 0.4) is 0 Å². The van der Waals surface area contributed by atoms with Gasteiger partial charge in [-0.2, -0.15) is 0 Å². The van der Waals surface area contributed by atoms with E-state index < -0.39 is 0 Å². The molecule has 1 aromatic carbocycles. The molecule has 0 bridgehead atoms. The molecule has 0 amide bonds. The smallest absolute Gasteiger partial charge is 0.312 e. The average Bonchev–Trinajstić information content (AvgIpc) is 2.63. The number of hydrogen-bond acceptors (Lipinski definition) is 5. The molecular formula is C10H10BrN3O2. The minimum Gasteiger partial charge on any atom is -0.483 e. The van der Waals surface area contributed by atoms with Gasteiger partial charge >= 0.3 is 6.01 Å². The monoisotopic (exact) mass is 283 g/mol. The Balaban J connectivity index is 2.04. The molecule has 2 aromatic rings. The molecule has 2 rings (SSSR count). The fourth-order valence-electron chi connectivity index (χ4n) is 1.19. The lowest BCUT2D eigenvalue weighted by Crippen LogP contribution is -1.96. The second-order valence-corrected chi connectivity index (χ2v) is 4.11. The van der Waals surface area contributed by atoms with Crippen molar-refractivity contribution in [3.8, 4) is 5.75 Å². The van der Waals surface area contributed by atoms with E-state index in [0.717, 1.165) is 15.8 Å². The zero-order valence-electron chi connectivity index (χ0n) is 8.61. The molecule has 0 aliphatic heterocycles. The molecule has 0 aliphatic carbocycles. The molecule has 0 atom stereocenters. The summed E-state index contributed by atoms with van der Waals surface area (Å²) >= 11 is 3.41. The number of rotatable bonds is 3. The number of aryl methyl sites for hydroxylation is 1. The van der Waals surface area contributed by atoms with Crippen molar-refractivity contribution < 1.29 is 9.15 Å². The van der Waals surface area contributed by atoms with Gasteiger partial charge in [0, 0.05) is 0 Å². The van der Waals surface area contributed by atoms with Crippen molar-refractivity contribution in [3.05, 3.63) is 34.1 Å². The van der Waals surface area contributed by atoms with E-state index in [0.29, 0.717) is 5.89 Å². The average molecular weight is 284 g/mol. The Morgan fingerprint density at radius 3 is 2.88 bits per heavy atom. The van der Waals surface area contributed by atoms with Gasteiger partial charge in [0.1, 0.15) is 5.75 Å². The summed E-state index contributed by atoms with van der Waals surface area (Å²) in [6, 6.07) is 5.85. The van der Waals surface area contributed by atoms with E-state index in [1.165, 1.54) is 0 Å². The van der Waals surface area contributed by atoms with Gasteiger partial charge < -0.3 is 14.9 Å². The van der Waals surface area contributed by atoms with Crippen LogP contribution in [0.4, 0.5) is 6.01 Å². The molecule has 0 aliphatic rings. The van der Waals surface area contributed by atoms with Gasteiger partial charge in [-0.05, 0) is 40.5 Å². The summed E-state index contributed by atoms with van der Waals surface area (Å²) in [7, 11) is 0. The summed E-state index contributed by atoms with van der Waals surface area (Å²) in [4.78, 5) is 0. The quantitative estimate of drug-likeness (QED) is 0.936. The largest absolute Gasteiger partial charge is 0.483 e. The Labute approximate surface area is 101 Å². The number of halogens is 1. The normalized spacial score (nSPS) is 10.4. The maximum atomic E-state index is 5.49. The highest BCUT2D eigenvalue weighted by Crippen LogP contribution is 2.26. The van der Waals surface area contributed by atoms with Crippen molar-refractivity contribution in [2.75, 3.05) is 5.73 Å². The first kappa shape index (κ1) is 10.9. The third-order valence-electron chi connectivity index (χ3n) is 1.92. The van der Waals surface area contributed by atoms with Crippen molar-refractivity contribution in [2.45, 2.75) is 13.5 Å². The van der Waals surface area contributed by atoms with E-state index >= 15 is 0 Å². The summed E-state index contributed by atoms with van der Waals surface area (Å²) in [6.45, 7) is 2.21. The molecule has 1 heterocycles. The topological polar surface area (TPSA) is 74.2 Å². The van der Waals surface area contributed by atoms with Crippen LogP contribution in [0.15, 0.2) is 27.1 Å². The first-order chi connectivity index (χ1) is 7.65. The highest BCUT2D eigenvalue weighted by atomic mass is 79.9. The van der Waals surface area contributed by atoms with E-state index in [2.05, 4.69) is 26.1 Å². The summed E-state index contributed by atoms with van der Waals surface area (Å²) in [5.41, 5.74) is 6.45. The van der Waals surface area contributed by atoms with Crippen LogP contribution in [-0.2, 0) is 6.61 Å². The van der Waals surface area contributed by atoms with Crippen molar-refractivity contribution in [3.63, 3.8) is 0 Å². The molecule has 6 heteroatoms. The number of aromatic nitrogens is 2. The molecule has 0 fully saturated rings. The molecule has 2 N–H and O–H groups in total. The number of nitrogens with zero attached hydrogens (tertiary/aromatic N) is 2. The van der Waals surface area contributed by atoms with Crippen LogP contribution in [-0.4, -0.2) is 10.2 Å². The molecule has 16 heavy (non-hydrogen) atoms. The standard InChI is InChI=1S/C10H10BrN3O2/c1-6-2-3-8(7(11)4-6)15-5-9-13-14-10(12)16-9/h2-4H,5H2,1H3,(H2,12,14). The number of nitrogen functional groups attached to an aromatic ring is 1. The predicted octanol–water partition coefficient (Wildman–Crippen LogP) is 2.30. The molecule has 5 nitrogen and oxygen atoms in total. The van der Waals surface area contributed by atoms with Crippen LogP contribution < -0.4 is 10.5 Å². The van der Waals surface area contributed by atoms with Gasteiger partial charge in [-0.3, -0.25) is 0 Å². The van der Waals surface area contributed by atoms with Gasteiger partial charge in [0.2, 0.25) is 0 Å². The highest BCUT2D eigenvalue weighted by molar-refractivity contribution is 9.10. The Kier molecular flexibility index (Phi) is 3.09. The molecule has 0 saturated carbocycles. The van der Waals surface area contributed by atoms with Gasteiger partial charge in [-0.15, -0.1) is 5.10 Å². The fraction of sp³-hybridized carbons (Fsp3) is 0.200. The minimum absolute atomic E-state index is 0.0431. The maximum absolute atomic E-state index is 5.49. The van der Waals surface area contributed by atoms with Gasteiger partial charge in [-0.25, -0.2) is 0 Å². The van der Waals surface area contributed by atoms with E-state index in [1.54, 1.807) is 0 Å². The third kappa shape index (κ3) is 2.52. The Morgan fingerprint density at radius 1 is 1.44 bits per heavy atom. The Morgan fingerprint density at radius 2 is 2.25 bits per heavy atom. The van der Waals surface area contributed by atoms with Crippen molar-refractivity contribution in [2.24, 2.45) is 0 Å². The second-order valence-electron chi connectivity index (χ2n) is 3.26. The van der Waals surface area contributed by atoms with Gasteiger partial charge in [0.25, 0.3) is 5.89 Å². The first-order valence-corrected chi connectivity index (χ1v) is 5.41. The van der Waals surface area contributed by atoms with Crippen LogP contribution in [0.25, 0.3) is 0 Å². The van der Waals surface area contributed by atoms with E-state index in [-0.39, 0.29) is 12.6 Å². The first-order valence-electron chi connectivity index (χ1n) is 4.62. The zero-order chi connectivity index (χ0) is 11.5. The molecule has 0 radical (unpaired) electrons. The number of nitrogens with two attached hydrogens (primary N) is 1. The van der Waals surface area contributed by atoms with E-state index in [1.807, 2.05) is 25.1 Å². The van der Waals surface area contributed by atoms with Crippen molar-refractivity contribution in [1.82, 2.24) is 10.2 Å². The molecular weight excluding hydrogens is 274 g/mol. The van der Waals surface area contributed by atoms with Crippen molar-refractivity contribution in [1.29, 1.82) is 0 Å². The highest BCUT2D eigenvalue weighted by Gasteiger charge is 2.06. The van der Waals surface area contributed by atoms with Crippen LogP contribution in [0.5, 0.6) is 5.75 Å². The van der Waals surface area contributed by atoms with Crippen LogP contribution >= 0.6 is 15.9 Å². The maximum Gasteiger partial charge on any atom is 0.312 e. The number of hydrogen-bond donors (Lipinski definition) is 1. The molecule has 1 aromatic heterocycles. The minimum atomic E-state index is 0.0431. The molecule has 0 saturated heterocycles. The molecule has 0 unspecified atom stereocenters. The number of anilines is 1. The second kappa shape index (κ2) is 4.52. The summed E-state index contributed by atoms with van der Waals surface area (Å²) in [5.74, 6) is 1.08. The van der Waals surface area contributed by atoms with Gasteiger partial charge in [0.15, 0.2) is 6.61 Å². The van der Waals surface area contributed by atoms with Gasteiger partial charge in [-0.1, -0.05) is 11.2 Å². The summed E-state index contributed by atoms with van der Waals surface area (Å²) in [6.07, 6.45) is 0. The zero-order valence-corrected chi connectivity index (χ0v) is 10.2. The SMILES string of the molecule is Cc1ccc(OCc2nnc(N)o2)c(Br)c1. The summed E-state index contributed by atoms with van der Waals surface area (Å²) in [5, 5.41) is 7.23. The van der Waals surface area contributed by atoms with Crippen LogP contribution in [0, 0.1) is 6.92 Å². The summed E-state index contributed by atoms with van der Waals surface area (Å²) < 4.78 is 11.4. The van der Waals surface area contributed by atoms with Gasteiger partial charge in [0.05, 0.1) is 4.47 Å². The number of benzene rings is 1. The molecule has 0 spiro atoms. The fourth-order valence-corrected chi connectivity index (χ4v) is 1.80. The third-order valence-corrected chi connectivity index (χ3v) is 2.54. The Hall–Kier alpha value is -1.56. The lowest BCUT2D eigenvalue weighted by atomic mass is 10.2. The lowest BCUT2D eigenvalue weighted by molar-refractivity contribution is 0.263. The van der Waals surface area contributed by atoms with Crippen LogP contribution in [0.2, 0.25) is 0 Å². The lowest BCUT2D eigenvalue weighted by Gasteiger charge is -2.06. The van der Waals surface area contributed by atoms with E-state index in [9.17, 15) is 0 Å². The van der Waals surface area contributed by atoms with Crippen LogP contribution in [0.1, 0.15) is 11.5 Å². The predicted molar refractivity (Wildman–Crippen MR) is 61.9 cm³/mol. The van der Waals surface area contributed by atoms with E-state index in [4.69, 9.17) is 14.9 Å². The Bertz CT molecular complexity index is 499. The number of ether oxygens (including phenoxy) is 1. The van der Waals surface area contributed by atoms with Crippen molar-refractivity contribution >= 4 is 21.9 Å². The molecule has 84 valence electrons.